The molecule has 0 atom stereocenters. The van der Waals surface area contributed by atoms with E-state index in [4.69, 9.17) is 5.26 Å². The first kappa shape index (κ1) is 13.1. The predicted molar refractivity (Wildman–Crippen MR) is 77.3 cm³/mol. The third kappa shape index (κ3) is 2.68. The standard InChI is InChI=1S/C16H19N3O/c1-19(11-16(10-17)5-6-16)7-4-12-2-3-14-13(8-12)9-15(20)18-14/h2-3,8H,4-7,9,11H2,1H3,(H,18,20). The van der Waals surface area contributed by atoms with E-state index in [1.807, 2.05) is 6.07 Å². The van der Waals surface area contributed by atoms with Crippen LogP contribution in [0.25, 0.3) is 0 Å². The van der Waals surface area contributed by atoms with E-state index in [9.17, 15) is 4.79 Å². The third-order valence-corrected chi connectivity index (χ3v) is 4.24. The Bertz CT molecular complexity index is 584. The molecule has 0 radical (unpaired) electrons. The van der Waals surface area contributed by atoms with Crippen LogP contribution >= 0.6 is 0 Å². The van der Waals surface area contributed by atoms with Gasteiger partial charge >= 0.3 is 0 Å². The summed E-state index contributed by atoms with van der Waals surface area (Å²) in [5.41, 5.74) is 3.25. The van der Waals surface area contributed by atoms with Gasteiger partial charge in [0.25, 0.3) is 0 Å². The van der Waals surface area contributed by atoms with Crippen LogP contribution in [-0.2, 0) is 17.6 Å². The van der Waals surface area contributed by atoms with Gasteiger partial charge in [0.15, 0.2) is 0 Å². The van der Waals surface area contributed by atoms with Gasteiger partial charge in [-0.05, 0) is 43.5 Å². The lowest BCUT2D eigenvalue weighted by molar-refractivity contribution is -0.115. The Balaban J connectivity index is 1.55. The van der Waals surface area contributed by atoms with Crippen molar-refractivity contribution in [3.63, 3.8) is 0 Å². The lowest BCUT2D eigenvalue weighted by atomic mass is 10.1. The van der Waals surface area contributed by atoms with Gasteiger partial charge in [-0.25, -0.2) is 0 Å². The molecule has 4 heteroatoms. The van der Waals surface area contributed by atoms with Gasteiger partial charge in [0.1, 0.15) is 0 Å². The second-order valence-corrected chi connectivity index (χ2v) is 6.10. The average Bonchev–Trinajstić information content (AvgIpc) is 3.09. The molecule has 104 valence electrons. The van der Waals surface area contributed by atoms with E-state index in [-0.39, 0.29) is 11.3 Å². The van der Waals surface area contributed by atoms with Crippen LogP contribution in [0.1, 0.15) is 24.0 Å². The summed E-state index contributed by atoms with van der Waals surface area (Å²) in [6.07, 6.45) is 3.54. The van der Waals surface area contributed by atoms with Gasteiger partial charge in [-0.2, -0.15) is 5.26 Å². The maximum atomic E-state index is 11.3. The van der Waals surface area contributed by atoms with Crippen molar-refractivity contribution in [3.8, 4) is 6.07 Å². The highest BCUT2D eigenvalue weighted by atomic mass is 16.1. The number of rotatable bonds is 5. The van der Waals surface area contributed by atoms with Gasteiger partial charge in [-0.3, -0.25) is 4.79 Å². The molecule has 1 heterocycles. The molecule has 0 bridgehead atoms. The van der Waals surface area contributed by atoms with Crippen LogP contribution < -0.4 is 5.32 Å². The van der Waals surface area contributed by atoms with Crippen LogP contribution in [-0.4, -0.2) is 30.9 Å². The first-order valence-electron chi connectivity index (χ1n) is 7.12. The Morgan fingerprint density at radius 1 is 1.45 bits per heavy atom. The molecule has 1 aliphatic carbocycles. The summed E-state index contributed by atoms with van der Waals surface area (Å²) in [6, 6.07) is 8.63. The summed E-state index contributed by atoms with van der Waals surface area (Å²) < 4.78 is 0. The van der Waals surface area contributed by atoms with Gasteiger partial charge in [-0.1, -0.05) is 12.1 Å². The van der Waals surface area contributed by atoms with Crippen LogP contribution in [0, 0.1) is 16.7 Å². The number of nitrogens with one attached hydrogen (secondary N) is 1. The van der Waals surface area contributed by atoms with Crippen molar-refractivity contribution >= 4 is 11.6 Å². The van der Waals surface area contributed by atoms with E-state index in [1.165, 1.54) is 5.56 Å². The van der Waals surface area contributed by atoms with Crippen LogP contribution in [0.2, 0.25) is 0 Å². The molecular formula is C16H19N3O. The Morgan fingerprint density at radius 3 is 2.95 bits per heavy atom. The molecule has 1 fully saturated rings. The van der Waals surface area contributed by atoms with Crippen molar-refractivity contribution < 1.29 is 4.79 Å². The molecule has 1 aliphatic heterocycles. The minimum atomic E-state index is -0.0664. The smallest absolute Gasteiger partial charge is 0.228 e. The van der Waals surface area contributed by atoms with Gasteiger partial charge in [0.2, 0.25) is 5.91 Å². The van der Waals surface area contributed by atoms with Crippen molar-refractivity contribution in [2.45, 2.75) is 25.7 Å². The molecule has 2 aliphatic rings. The van der Waals surface area contributed by atoms with E-state index >= 15 is 0 Å². The number of likely N-dealkylation sites (N-methyl/N-ethyl adjacent to an activating group) is 1. The van der Waals surface area contributed by atoms with Crippen molar-refractivity contribution in [1.29, 1.82) is 5.26 Å². The van der Waals surface area contributed by atoms with E-state index < -0.39 is 0 Å². The number of nitrogens with zero attached hydrogens (tertiary/aromatic N) is 2. The fourth-order valence-corrected chi connectivity index (χ4v) is 2.81. The molecule has 20 heavy (non-hydrogen) atoms. The number of carbonyl (C=O) groups is 1. The molecule has 1 amide bonds. The van der Waals surface area contributed by atoms with Crippen molar-refractivity contribution in [2.75, 3.05) is 25.5 Å². The SMILES string of the molecule is CN(CCc1ccc2c(c1)CC(=O)N2)CC1(C#N)CC1. The highest BCUT2D eigenvalue weighted by Gasteiger charge is 2.43. The molecule has 1 N–H and O–H groups in total. The quantitative estimate of drug-likeness (QED) is 0.889. The van der Waals surface area contributed by atoms with Crippen molar-refractivity contribution in [3.05, 3.63) is 29.3 Å². The van der Waals surface area contributed by atoms with Gasteiger partial charge < -0.3 is 10.2 Å². The fourth-order valence-electron chi connectivity index (χ4n) is 2.81. The Morgan fingerprint density at radius 2 is 2.25 bits per heavy atom. The number of carbonyl (C=O) groups excluding carboxylic acids is 1. The minimum absolute atomic E-state index is 0.0664. The summed E-state index contributed by atoms with van der Waals surface area (Å²) in [5.74, 6) is 0.0824. The molecule has 0 saturated heterocycles. The normalized spacial score (nSPS) is 18.6. The lowest BCUT2D eigenvalue weighted by Crippen LogP contribution is -2.28. The van der Waals surface area contributed by atoms with Crippen molar-refractivity contribution in [2.24, 2.45) is 5.41 Å². The summed E-state index contributed by atoms with van der Waals surface area (Å²) in [6.45, 7) is 1.82. The molecule has 0 aromatic heterocycles. The number of hydrogen-bond acceptors (Lipinski definition) is 3. The van der Waals surface area contributed by atoms with Crippen molar-refractivity contribution in [1.82, 2.24) is 4.90 Å². The van der Waals surface area contributed by atoms with E-state index in [2.05, 4.69) is 35.5 Å². The van der Waals surface area contributed by atoms with Crippen LogP contribution in [0.5, 0.6) is 0 Å². The monoisotopic (exact) mass is 269 g/mol. The Kier molecular flexibility index (Phi) is 3.23. The zero-order chi connectivity index (χ0) is 14.2. The zero-order valence-corrected chi connectivity index (χ0v) is 11.8. The van der Waals surface area contributed by atoms with Crippen LogP contribution in [0.4, 0.5) is 5.69 Å². The first-order chi connectivity index (χ1) is 9.60. The van der Waals surface area contributed by atoms with E-state index in [0.29, 0.717) is 6.42 Å². The van der Waals surface area contributed by atoms with Gasteiger partial charge in [0.05, 0.1) is 17.9 Å². The summed E-state index contributed by atoms with van der Waals surface area (Å²) in [5, 5.41) is 12.0. The topological polar surface area (TPSA) is 56.1 Å². The fraction of sp³-hybridized carbons (Fsp3) is 0.500. The molecule has 1 aromatic carbocycles. The summed E-state index contributed by atoms with van der Waals surface area (Å²) in [7, 11) is 2.08. The number of anilines is 1. The Hall–Kier alpha value is -1.86. The number of benzene rings is 1. The molecular weight excluding hydrogens is 250 g/mol. The van der Waals surface area contributed by atoms with Gasteiger partial charge in [-0.15, -0.1) is 0 Å². The molecule has 4 nitrogen and oxygen atoms in total. The number of fused-ring (bicyclic) bond motifs is 1. The highest BCUT2D eigenvalue weighted by Crippen LogP contribution is 2.45. The first-order valence-corrected chi connectivity index (χ1v) is 7.12. The number of hydrogen-bond donors (Lipinski definition) is 1. The third-order valence-electron chi connectivity index (χ3n) is 4.24. The van der Waals surface area contributed by atoms with Crippen LogP contribution in [0.15, 0.2) is 18.2 Å². The molecule has 1 saturated carbocycles. The maximum Gasteiger partial charge on any atom is 0.228 e. The maximum absolute atomic E-state index is 11.3. The van der Waals surface area contributed by atoms with E-state index in [0.717, 1.165) is 43.6 Å². The van der Waals surface area contributed by atoms with Crippen LogP contribution in [0.3, 0.4) is 0 Å². The van der Waals surface area contributed by atoms with Gasteiger partial charge in [0, 0.05) is 18.8 Å². The Labute approximate surface area is 119 Å². The molecule has 0 spiro atoms. The second-order valence-electron chi connectivity index (χ2n) is 6.10. The largest absolute Gasteiger partial charge is 0.326 e. The van der Waals surface area contributed by atoms with E-state index in [1.54, 1.807) is 0 Å². The highest BCUT2D eigenvalue weighted by molar-refractivity contribution is 5.99. The zero-order valence-electron chi connectivity index (χ0n) is 11.8. The molecule has 1 aromatic rings. The predicted octanol–water partition coefficient (Wildman–Crippen LogP) is 1.96. The average molecular weight is 269 g/mol. The minimum Gasteiger partial charge on any atom is -0.326 e. The number of amides is 1. The number of nitriles is 1. The molecule has 0 unspecified atom stereocenters. The molecule has 3 rings (SSSR count). The lowest BCUT2D eigenvalue weighted by Gasteiger charge is -2.19. The summed E-state index contributed by atoms with van der Waals surface area (Å²) in [4.78, 5) is 13.6. The second kappa shape index (κ2) is 4.92. The summed E-state index contributed by atoms with van der Waals surface area (Å²) >= 11 is 0.